The number of fused-ring (bicyclic) bond motifs is 2. The zero-order chi connectivity index (χ0) is 24.4. The van der Waals surface area contributed by atoms with Crippen LogP contribution < -0.4 is 10.2 Å². The molecule has 7 heteroatoms. The van der Waals surface area contributed by atoms with Crippen molar-refractivity contribution in [3.05, 3.63) is 88.5 Å². The molecule has 0 saturated heterocycles. The summed E-state index contributed by atoms with van der Waals surface area (Å²) in [5.41, 5.74) is 4.52. The Bertz CT molecular complexity index is 1290. The SMILES string of the molecule is Cc1ccc(C)c(CN2C(=O)c3ccccc3[S@](=O)c3ccc(C(=O)NCCN(C)C)cc32)c1. The van der Waals surface area contributed by atoms with E-state index in [1.54, 1.807) is 47.4 Å². The van der Waals surface area contributed by atoms with E-state index in [0.29, 0.717) is 46.2 Å². The molecule has 0 bridgehead atoms. The number of aryl methyl sites for hydroxylation is 2. The highest BCUT2D eigenvalue weighted by Gasteiger charge is 2.31. The predicted molar refractivity (Wildman–Crippen MR) is 135 cm³/mol. The minimum absolute atomic E-state index is 0.226. The normalized spacial score (nSPS) is 15.0. The Hall–Kier alpha value is -3.29. The van der Waals surface area contributed by atoms with Gasteiger partial charge in [-0.1, -0.05) is 35.9 Å². The number of nitrogens with one attached hydrogen (secondary N) is 1. The summed E-state index contributed by atoms with van der Waals surface area (Å²) in [6, 6.07) is 18.2. The predicted octanol–water partition coefficient (Wildman–Crippen LogP) is 3.92. The van der Waals surface area contributed by atoms with Gasteiger partial charge in [-0.25, -0.2) is 4.21 Å². The molecule has 0 aromatic heterocycles. The number of carbonyl (C=O) groups excluding carboxylic acids is 2. The number of carbonyl (C=O) groups is 2. The largest absolute Gasteiger partial charge is 0.351 e. The Morgan fingerprint density at radius 2 is 1.76 bits per heavy atom. The molecule has 1 N–H and O–H groups in total. The Morgan fingerprint density at radius 1 is 1.00 bits per heavy atom. The highest BCUT2D eigenvalue weighted by molar-refractivity contribution is 7.85. The zero-order valence-electron chi connectivity index (χ0n) is 19.9. The summed E-state index contributed by atoms with van der Waals surface area (Å²) < 4.78 is 13.5. The summed E-state index contributed by atoms with van der Waals surface area (Å²) in [7, 11) is 2.34. The fraction of sp³-hybridized carbons (Fsp3) is 0.259. The number of nitrogens with zero attached hydrogens (tertiary/aromatic N) is 2. The van der Waals surface area contributed by atoms with Gasteiger partial charge in [0.25, 0.3) is 11.8 Å². The average Bonchev–Trinajstić information content (AvgIpc) is 2.90. The van der Waals surface area contributed by atoms with Crippen LogP contribution in [-0.2, 0) is 17.3 Å². The van der Waals surface area contributed by atoms with Gasteiger partial charge in [0.1, 0.15) is 0 Å². The topological polar surface area (TPSA) is 69.7 Å². The molecule has 34 heavy (non-hydrogen) atoms. The standard InChI is InChI=1S/C27H29N3O3S/c1-18-9-10-19(2)21(15-18)17-30-23-16-20(26(31)28-13-14-29(3)4)11-12-25(23)34(33)24-8-6-5-7-22(24)27(30)32/h5-12,15-16H,13-14,17H2,1-4H3,(H,28,31)/t34-/m0/s1. The molecule has 2 amide bonds. The first-order valence-corrected chi connectivity index (χ1v) is 12.4. The third-order valence-corrected chi connectivity index (χ3v) is 7.45. The lowest BCUT2D eigenvalue weighted by atomic mass is 10.0. The van der Waals surface area contributed by atoms with Gasteiger partial charge in [-0.05, 0) is 69.4 Å². The molecule has 0 saturated carbocycles. The van der Waals surface area contributed by atoms with Gasteiger partial charge >= 0.3 is 0 Å². The molecule has 3 aromatic rings. The highest BCUT2D eigenvalue weighted by atomic mass is 32.2. The van der Waals surface area contributed by atoms with E-state index in [0.717, 1.165) is 16.7 Å². The van der Waals surface area contributed by atoms with E-state index in [2.05, 4.69) is 11.4 Å². The number of hydrogen-bond acceptors (Lipinski definition) is 4. The van der Waals surface area contributed by atoms with Crippen molar-refractivity contribution >= 4 is 28.3 Å². The number of rotatable bonds is 6. The minimum atomic E-state index is -1.55. The van der Waals surface area contributed by atoms with Crippen LogP contribution in [0.2, 0.25) is 0 Å². The van der Waals surface area contributed by atoms with Crippen LogP contribution >= 0.6 is 0 Å². The van der Waals surface area contributed by atoms with Gasteiger partial charge in [0.2, 0.25) is 0 Å². The maximum Gasteiger partial charge on any atom is 0.259 e. The van der Waals surface area contributed by atoms with Crippen LogP contribution in [0.4, 0.5) is 5.69 Å². The first kappa shape index (κ1) is 23.9. The zero-order valence-corrected chi connectivity index (χ0v) is 20.7. The summed E-state index contributed by atoms with van der Waals surface area (Å²) in [5, 5.41) is 2.91. The van der Waals surface area contributed by atoms with Gasteiger partial charge in [-0.15, -0.1) is 0 Å². The van der Waals surface area contributed by atoms with Crippen molar-refractivity contribution in [1.29, 1.82) is 0 Å². The molecule has 176 valence electrons. The van der Waals surface area contributed by atoms with Gasteiger partial charge in [-0.2, -0.15) is 0 Å². The number of benzene rings is 3. The smallest absolute Gasteiger partial charge is 0.259 e. The van der Waals surface area contributed by atoms with E-state index in [-0.39, 0.29) is 11.8 Å². The van der Waals surface area contributed by atoms with E-state index in [4.69, 9.17) is 0 Å². The van der Waals surface area contributed by atoms with Crippen LogP contribution in [0.15, 0.2) is 70.5 Å². The molecule has 4 rings (SSSR count). The Labute approximate surface area is 203 Å². The number of hydrogen-bond donors (Lipinski definition) is 1. The van der Waals surface area contributed by atoms with Crippen LogP contribution in [0.3, 0.4) is 0 Å². The van der Waals surface area contributed by atoms with Gasteiger partial charge < -0.3 is 15.1 Å². The molecule has 0 spiro atoms. The van der Waals surface area contributed by atoms with Crippen LogP contribution in [-0.4, -0.2) is 48.1 Å². The van der Waals surface area contributed by atoms with E-state index < -0.39 is 10.8 Å². The average molecular weight is 476 g/mol. The molecule has 1 aliphatic heterocycles. The summed E-state index contributed by atoms with van der Waals surface area (Å²) in [6.45, 7) is 5.57. The molecule has 3 aromatic carbocycles. The van der Waals surface area contributed by atoms with Crippen molar-refractivity contribution < 1.29 is 13.8 Å². The fourth-order valence-electron chi connectivity index (χ4n) is 4.00. The van der Waals surface area contributed by atoms with Crippen molar-refractivity contribution in [2.45, 2.75) is 30.2 Å². The van der Waals surface area contributed by atoms with Crippen LogP contribution in [0.1, 0.15) is 37.4 Å². The Morgan fingerprint density at radius 3 is 2.53 bits per heavy atom. The molecule has 0 aliphatic carbocycles. The van der Waals surface area contributed by atoms with Crippen molar-refractivity contribution in [2.75, 3.05) is 32.1 Å². The van der Waals surface area contributed by atoms with Crippen molar-refractivity contribution in [1.82, 2.24) is 10.2 Å². The van der Waals surface area contributed by atoms with E-state index in [9.17, 15) is 13.8 Å². The molecular formula is C27H29N3O3S. The summed E-state index contributed by atoms with van der Waals surface area (Å²) in [6.07, 6.45) is 0. The first-order valence-electron chi connectivity index (χ1n) is 11.2. The van der Waals surface area contributed by atoms with Crippen molar-refractivity contribution in [3.63, 3.8) is 0 Å². The van der Waals surface area contributed by atoms with Gasteiger partial charge in [0.05, 0.1) is 38.4 Å². The molecule has 0 unspecified atom stereocenters. The van der Waals surface area contributed by atoms with E-state index in [1.807, 2.05) is 45.0 Å². The quantitative estimate of drug-likeness (QED) is 0.587. The van der Waals surface area contributed by atoms with E-state index in [1.165, 1.54) is 0 Å². The van der Waals surface area contributed by atoms with Crippen LogP contribution in [0.25, 0.3) is 0 Å². The highest BCUT2D eigenvalue weighted by Crippen LogP contribution is 2.36. The lowest BCUT2D eigenvalue weighted by molar-refractivity contribution is 0.0947. The fourth-order valence-corrected chi connectivity index (χ4v) is 5.34. The molecular weight excluding hydrogens is 446 g/mol. The Balaban J connectivity index is 1.80. The third kappa shape index (κ3) is 4.81. The van der Waals surface area contributed by atoms with Crippen molar-refractivity contribution in [2.24, 2.45) is 0 Å². The maximum atomic E-state index is 13.8. The van der Waals surface area contributed by atoms with E-state index >= 15 is 0 Å². The molecule has 0 radical (unpaired) electrons. The van der Waals surface area contributed by atoms with Crippen molar-refractivity contribution in [3.8, 4) is 0 Å². The molecule has 0 fully saturated rings. The number of amides is 2. The molecule has 6 nitrogen and oxygen atoms in total. The van der Waals surface area contributed by atoms with Gasteiger partial charge in [0.15, 0.2) is 0 Å². The lowest BCUT2D eigenvalue weighted by Gasteiger charge is -2.24. The second-order valence-corrected chi connectivity index (χ2v) is 10.2. The Kier molecular flexibility index (Phi) is 6.95. The first-order chi connectivity index (χ1) is 16.3. The minimum Gasteiger partial charge on any atom is -0.351 e. The third-order valence-electron chi connectivity index (χ3n) is 5.95. The number of likely N-dealkylation sites (N-methyl/N-ethyl adjacent to an activating group) is 1. The molecule has 1 aliphatic rings. The molecule has 1 atom stereocenters. The van der Waals surface area contributed by atoms with Gasteiger partial charge in [0, 0.05) is 18.7 Å². The number of anilines is 1. The maximum absolute atomic E-state index is 13.8. The second kappa shape index (κ2) is 9.91. The summed E-state index contributed by atoms with van der Waals surface area (Å²) >= 11 is 0. The molecule has 1 heterocycles. The summed E-state index contributed by atoms with van der Waals surface area (Å²) in [4.78, 5) is 31.2. The van der Waals surface area contributed by atoms with Gasteiger partial charge in [-0.3, -0.25) is 9.59 Å². The van der Waals surface area contributed by atoms with Crippen LogP contribution in [0, 0.1) is 13.8 Å². The van der Waals surface area contributed by atoms with Crippen LogP contribution in [0.5, 0.6) is 0 Å². The summed E-state index contributed by atoms with van der Waals surface area (Å²) in [5.74, 6) is -0.454. The monoisotopic (exact) mass is 475 g/mol. The lowest BCUT2D eigenvalue weighted by Crippen LogP contribution is -2.32. The second-order valence-electron chi connectivity index (χ2n) is 8.83.